The first kappa shape index (κ1) is 12.2. The van der Waals surface area contributed by atoms with Crippen LogP contribution in [0.4, 0.5) is 23.0 Å². The highest BCUT2D eigenvalue weighted by Gasteiger charge is 2.18. The SMILES string of the molecule is c1cc(-c2cnc3c(n2)Nc2cc4cc[nH]c4cc2N3)ccn1. The molecule has 1 aliphatic heterocycles. The Morgan fingerprint density at radius 2 is 1.70 bits per heavy atom. The summed E-state index contributed by atoms with van der Waals surface area (Å²) in [4.78, 5) is 16.4. The van der Waals surface area contributed by atoms with Crippen molar-refractivity contribution in [2.24, 2.45) is 0 Å². The fourth-order valence-corrected chi connectivity index (χ4v) is 2.79. The van der Waals surface area contributed by atoms with Gasteiger partial charge in [-0.25, -0.2) is 9.97 Å². The van der Waals surface area contributed by atoms with E-state index in [2.05, 4.69) is 42.7 Å². The third kappa shape index (κ3) is 1.92. The van der Waals surface area contributed by atoms with Gasteiger partial charge in [-0.1, -0.05) is 0 Å². The maximum atomic E-state index is 4.68. The van der Waals surface area contributed by atoms with Crippen LogP contribution in [0.1, 0.15) is 0 Å². The molecular weight excluding hydrogens is 288 g/mol. The zero-order valence-corrected chi connectivity index (χ0v) is 12.0. The molecule has 110 valence electrons. The van der Waals surface area contributed by atoms with E-state index < -0.39 is 0 Å². The third-order valence-corrected chi connectivity index (χ3v) is 3.95. The van der Waals surface area contributed by atoms with Crippen LogP contribution in [0.2, 0.25) is 0 Å². The Morgan fingerprint density at radius 1 is 0.870 bits per heavy atom. The normalized spacial score (nSPS) is 12.2. The van der Waals surface area contributed by atoms with E-state index in [0.29, 0.717) is 0 Å². The second-order valence-corrected chi connectivity index (χ2v) is 5.40. The fraction of sp³-hybridized carbons (Fsp3) is 0. The molecule has 0 bridgehead atoms. The predicted octanol–water partition coefficient (Wildman–Crippen LogP) is 3.82. The topological polar surface area (TPSA) is 78.5 Å². The molecule has 5 rings (SSSR count). The quantitative estimate of drug-likeness (QED) is 0.438. The number of H-pyrrole nitrogens is 1. The van der Waals surface area contributed by atoms with Gasteiger partial charge >= 0.3 is 0 Å². The predicted molar refractivity (Wildman–Crippen MR) is 90.1 cm³/mol. The van der Waals surface area contributed by atoms with Crippen LogP contribution in [-0.4, -0.2) is 19.9 Å². The molecule has 0 fully saturated rings. The van der Waals surface area contributed by atoms with Gasteiger partial charge in [-0.2, -0.15) is 0 Å². The van der Waals surface area contributed by atoms with Crippen LogP contribution >= 0.6 is 0 Å². The zero-order valence-electron chi connectivity index (χ0n) is 12.0. The summed E-state index contributed by atoms with van der Waals surface area (Å²) in [6, 6.07) is 10.1. The number of hydrogen-bond acceptors (Lipinski definition) is 5. The summed E-state index contributed by atoms with van der Waals surface area (Å²) in [5.74, 6) is 1.45. The van der Waals surface area contributed by atoms with Crippen LogP contribution in [0.3, 0.4) is 0 Å². The average Bonchev–Trinajstić information content (AvgIpc) is 3.05. The van der Waals surface area contributed by atoms with E-state index in [-0.39, 0.29) is 0 Å². The number of fused-ring (bicyclic) bond motifs is 3. The van der Waals surface area contributed by atoms with Gasteiger partial charge in [0.05, 0.1) is 23.3 Å². The number of hydrogen-bond donors (Lipinski definition) is 3. The lowest BCUT2D eigenvalue weighted by Crippen LogP contribution is -2.10. The molecule has 6 heteroatoms. The Bertz CT molecular complexity index is 1020. The van der Waals surface area contributed by atoms with Gasteiger partial charge in [0.15, 0.2) is 11.6 Å². The summed E-state index contributed by atoms with van der Waals surface area (Å²) in [5.41, 5.74) is 4.86. The second kappa shape index (κ2) is 4.54. The summed E-state index contributed by atoms with van der Waals surface area (Å²) in [6.07, 6.45) is 7.20. The molecule has 0 aliphatic carbocycles. The maximum absolute atomic E-state index is 4.68. The molecule has 3 N–H and O–H groups in total. The standard InChI is InChI=1S/C17H12N6/c1-4-18-5-2-10(1)15-9-20-16-17(23-15)22-13-7-11-3-6-19-12(11)8-14(13)21-16/h1-9,19H,(H,20,21)(H,22,23). The molecule has 0 amide bonds. The lowest BCUT2D eigenvalue weighted by molar-refractivity contribution is 1.18. The molecule has 0 atom stereocenters. The summed E-state index contributed by atoms with van der Waals surface area (Å²) in [6.45, 7) is 0. The minimum atomic E-state index is 0.723. The van der Waals surface area contributed by atoms with Crippen molar-refractivity contribution in [3.8, 4) is 11.3 Å². The molecule has 0 saturated carbocycles. The summed E-state index contributed by atoms with van der Waals surface area (Å²) < 4.78 is 0. The molecule has 1 aromatic carbocycles. The Kier molecular flexibility index (Phi) is 2.40. The van der Waals surface area contributed by atoms with Gasteiger partial charge in [-0.3, -0.25) is 4.98 Å². The second-order valence-electron chi connectivity index (χ2n) is 5.40. The highest BCUT2D eigenvalue weighted by molar-refractivity contribution is 5.96. The monoisotopic (exact) mass is 300 g/mol. The largest absolute Gasteiger partial charge is 0.361 e. The van der Waals surface area contributed by atoms with E-state index >= 15 is 0 Å². The fourth-order valence-electron chi connectivity index (χ4n) is 2.79. The van der Waals surface area contributed by atoms with E-state index in [9.17, 15) is 0 Å². The molecule has 0 unspecified atom stereocenters. The lowest BCUT2D eigenvalue weighted by atomic mass is 10.1. The molecule has 4 heterocycles. The number of anilines is 4. The van der Waals surface area contributed by atoms with Crippen molar-refractivity contribution >= 4 is 33.9 Å². The molecule has 6 nitrogen and oxygen atoms in total. The van der Waals surface area contributed by atoms with Crippen LogP contribution in [-0.2, 0) is 0 Å². The number of nitrogens with zero attached hydrogens (tertiary/aromatic N) is 3. The van der Waals surface area contributed by atoms with Crippen molar-refractivity contribution < 1.29 is 0 Å². The van der Waals surface area contributed by atoms with Crippen molar-refractivity contribution in [3.63, 3.8) is 0 Å². The average molecular weight is 300 g/mol. The number of aromatic nitrogens is 4. The van der Waals surface area contributed by atoms with E-state index in [1.54, 1.807) is 18.6 Å². The van der Waals surface area contributed by atoms with Gasteiger partial charge in [-0.15, -0.1) is 0 Å². The lowest BCUT2D eigenvalue weighted by Gasteiger charge is -2.21. The summed E-state index contributed by atoms with van der Waals surface area (Å²) in [5, 5.41) is 7.85. The van der Waals surface area contributed by atoms with Crippen molar-refractivity contribution in [2.75, 3.05) is 10.6 Å². The third-order valence-electron chi connectivity index (χ3n) is 3.95. The smallest absolute Gasteiger partial charge is 0.174 e. The Hall–Kier alpha value is -3.41. The summed E-state index contributed by atoms with van der Waals surface area (Å²) >= 11 is 0. The number of nitrogens with one attached hydrogen (secondary N) is 3. The van der Waals surface area contributed by atoms with Gasteiger partial charge < -0.3 is 15.6 Å². The van der Waals surface area contributed by atoms with E-state index in [1.807, 2.05) is 24.4 Å². The van der Waals surface area contributed by atoms with E-state index in [4.69, 9.17) is 0 Å². The Balaban J connectivity index is 1.60. The maximum Gasteiger partial charge on any atom is 0.174 e. The molecule has 1 aliphatic rings. The number of pyridine rings is 1. The van der Waals surface area contributed by atoms with Crippen LogP contribution in [0.5, 0.6) is 0 Å². The zero-order chi connectivity index (χ0) is 15.2. The molecule has 23 heavy (non-hydrogen) atoms. The van der Waals surface area contributed by atoms with Crippen molar-refractivity contribution in [1.82, 2.24) is 19.9 Å². The van der Waals surface area contributed by atoms with E-state index in [1.165, 1.54) is 0 Å². The molecular formula is C17H12N6. The van der Waals surface area contributed by atoms with Crippen LogP contribution in [0.15, 0.2) is 55.1 Å². The first-order valence-corrected chi connectivity index (χ1v) is 7.29. The first-order chi connectivity index (χ1) is 11.4. The van der Waals surface area contributed by atoms with Crippen LogP contribution in [0.25, 0.3) is 22.2 Å². The molecule has 0 spiro atoms. The van der Waals surface area contributed by atoms with Gasteiger partial charge in [0.1, 0.15) is 0 Å². The van der Waals surface area contributed by atoms with Crippen molar-refractivity contribution in [2.45, 2.75) is 0 Å². The summed E-state index contributed by atoms with van der Waals surface area (Å²) in [7, 11) is 0. The van der Waals surface area contributed by atoms with Gasteiger partial charge in [-0.05, 0) is 30.3 Å². The Morgan fingerprint density at radius 3 is 2.61 bits per heavy atom. The molecule has 3 aromatic heterocycles. The highest BCUT2D eigenvalue weighted by Crippen LogP contribution is 2.38. The van der Waals surface area contributed by atoms with Gasteiger partial charge in [0.25, 0.3) is 0 Å². The van der Waals surface area contributed by atoms with Crippen molar-refractivity contribution in [3.05, 3.63) is 55.1 Å². The van der Waals surface area contributed by atoms with E-state index in [0.717, 1.165) is 45.2 Å². The molecule has 0 radical (unpaired) electrons. The highest BCUT2D eigenvalue weighted by atomic mass is 15.2. The van der Waals surface area contributed by atoms with Gasteiger partial charge in [0.2, 0.25) is 0 Å². The van der Waals surface area contributed by atoms with Crippen LogP contribution in [0, 0.1) is 0 Å². The van der Waals surface area contributed by atoms with Gasteiger partial charge in [0, 0.05) is 35.1 Å². The molecule has 4 aromatic rings. The number of benzene rings is 1. The van der Waals surface area contributed by atoms with Crippen LogP contribution < -0.4 is 10.6 Å². The number of aromatic amines is 1. The minimum Gasteiger partial charge on any atom is -0.361 e. The minimum absolute atomic E-state index is 0.723. The number of rotatable bonds is 1. The molecule has 0 saturated heterocycles. The van der Waals surface area contributed by atoms with Crippen molar-refractivity contribution in [1.29, 1.82) is 0 Å². The first-order valence-electron chi connectivity index (χ1n) is 7.29. The Labute approximate surface area is 131 Å².